The van der Waals surface area contributed by atoms with E-state index in [2.05, 4.69) is 39.9 Å². The van der Waals surface area contributed by atoms with Gasteiger partial charge in [0.2, 0.25) is 0 Å². The third-order valence-electron chi connectivity index (χ3n) is 3.35. The lowest BCUT2D eigenvalue weighted by Gasteiger charge is -2.31. The highest BCUT2D eigenvalue weighted by molar-refractivity contribution is 5.13. The summed E-state index contributed by atoms with van der Waals surface area (Å²) in [6.45, 7) is 12.8. The number of nitrogens with two attached hydrogens (primary N) is 1. The topological polar surface area (TPSA) is 46.1 Å². The normalized spacial score (nSPS) is 14.2. The Balaban J connectivity index is 2.23. The number of quaternary nitrogens is 1. The minimum Gasteiger partial charge on any atom is -0.385 e. The van der Waals surface area contributed by atoms with Crippen molar-refractivity contribution in [2.24, 2.45) is 5.41 Å². The molecule has 3 N–H and O–H groups in total. The number of rotatable bonds is 8. The standard InChI is InChI=1S/C18H31NO2/c1-17(2,3)14-18(4,5)19-11-16(20)13-21-12-15-9-7-6-8-10-15/h6-10,16,19-20H,11-14H2,1-5H3/p+1/t16-/m1/s1. The molecule has 120 valence electrons. The Morgan fingerprint density at radius 2 is 1.71 bits per heavy atom. The van der Waals surface area contributed by atoms with Crippen molar-refractivity contribution in [3.8, 4) is 0 Å². The van der Waals surface area contributed by atoms with Gasteiger partial charge in [0.1, 0.15) is 12.6 Å². The second-order valence-corrected chi connectivity index (χ2v) is 7.82. The number of aliphatic hydroxyl groups is 1. The Bertz CT molecular complexity index is 395. The molecule has 0 radical (unpaired) electrons. The van der Waals surface area contributed by atoms with Crippen molar-refractivity contribution in [2.45, 2.75) is 59.3 Å². The van der Waals surface area contributed by atoms with E-state index in [0.717, 1.165) is 12.0 Å². The maximum Gasteiger partial charge on any atom is 0.126 e. The third kappa shape index (κ3) is 8.86. The van der Waals surface area contributed by atoms with Crippen LogP contribution in [0.25, 0.3) is 0 Å². The van der Waals surface area contributed by atoms with Crippen LogP contribution in [0.2, 0.25) is 0 Å². The van der Waals surface area contributed by atoms with Gasteiger partial charge in [-0.1, -0.05) is 51.1 Å². The molecule has 3 nitrogen and oxygen atoms in total. The second-order valence-electron chi connectivity index (χ2n) is 7.82. The van der Waals surface area contributed by atoms with Crippen molar-refractivity contribution in [3.63, 3.8) is 0 Å². The first-order valence-electron chi connectivity index (χ1n) is 7.82. The molecule has 21 heavy (non-hydrogen) atoms. The molecule has 1 atom stereocenters. The number of hydrogen-bond acceptors (Lipinski definition) is 2. The van der Waals surface area contributed by atoms with Crippen molar-refractivity contribution in [2.75, 3.05) is 13.2 Å². The van der Waals surface area contributed by atoms with Crippen LogP contribution in [-0.2, 0) is 11.3 Å². The molecule has 0 fully saturated rings. The highest BCUT2D eigenvalue weighted by Gasteiger charge is 2.28. The molecule has 0 heterocycles. The van der Waals surface area contributed by atoms with Gasteiger partial charge in [-0.25, -0.2) is 0 Å². The quantitative estimate of drug-likeness (QED) is 0.773. The summed E-state index contributed by atoms with van der Waals surface area (Å²) in [7, 11) is 0. The lowest BCUT2D eigenvalue weighted by atomic mass is 9.82. The summed E-state index contributed by atoms with van der Waals surface area (Å²) in [4.78, 5) is 0. The van der Waals surface area contributed by atoms with Gasteiger partial charge in [-0.05, 0) is 24.8 Å². The molecule has 0 aromatic heterocycles. The molecule has 0 bridgehead atoms. The zero-order valence-corrected chi connectivity index (χ0v) is 14.2. The maximum absolute atomic E-state index is 10.0. The molecule has 0 saturated heterocycles. The van der Waals surface area contributed by atoms with Gasteiger partial charge in [0.05, 0.1) is 18.8 Å². The number of ether oxygens (including phenoxy) is 1. The Morgan fingerprint density at radius 1 is 1.10 bits per heavy atom. The van der Waals surface area contributed by atoms with Crippen LogP contribution < -0.4 is 5.32 Å². The predicted octanol–water partition coefficient (Wildman–Crippen LogP) is 2.34. The fraction of sp³-hybridized carbons (Fsp3) is 0.667. The van der Waals surface area contributed by atoms with E-state index in [1.54, 1.807) is 0 Å². The smallest absolute Gasteiger partial charge is 0.126 e. The fourth-order valence-corrected chi connectivity index (χ4v) is 2.85. The van der Waals surface area contributed by atoms with Crippen molar-refractivity contribution in [3.05, 3.63) is 35.9 Å². The van der Waals surface area contributed by atoms with Crippen LogP contribution in [0, 0.1) is 5.41 Å². The third-order valence-corrected chi connectivity index (χ3v) is 3.35. The number of aliphatic hydroxyl groups excluding tert-OH is 1. The van der Waals surface area contributed by atoms with Crippen molar-refractivity contribution in [1.29, 1.82) is 0 Å². The SMILES string of the molecule is CC(C)(C)CC(C)(C)[NH2+]C[C@@H](O)COCc1ccccc1. The van der Waals surface area contributed by atoms with Crippen LogP contribution >= 0.6 is 0 Å². The fourth-order valence-electron chi connectivity index (χ4n) is 2.85. The first-order valence-corrected chi connectivity index (χ1v) is 7.82. The minimum atomic E-state index is -0.423. The Hall–Kier alpha value is -0.900. The lowest BCUT2D eigenvalue weighted by Crippen LogP contribution is -2.97. The molecular weight excluding hydrogens is 262 g/mol. The highest BCUT2D eigenvalue weighted by atomic mass is 16.5. The summed E-state index contributed by atoms with van der Waals surface area (Å²) in [5, 5.41) is 12.3. The maximum atomic E-state index is 10.0. The van der Waals surface area contributed by atoms with Gasteiger partial charge in [0, 0.05) is 6.42 Å². The van der Waals surface area contributed by atoms with Crippen LogP contribution in [0.4, 0.5) is 0 Å². The molecule has 0 saturated carbocycles. The van der Waals surface area contributed by atoms with Gasteiger partial charge in [-0.15, -0.1) is 0 Å². The molecule has 1 aromatic carbocycles. The molecule has 0 amide bonds. The zero-order valence-electron chi connectivity index (χ0n) is 14.2. The summed E-state index contributed by atoms with van der Waals surface area (Å²) in [6, 6.07) is 10.1. The first-order chi connectivity index (χ1) is 9.68. The summed E-state index contributed by atoms with van der Waals surface area (Å²) in [5.74, 6) is 0. The van der Waals surface area contributed by atoms with Gasteiger partial charge < -0.3 is 15.2 Å². The molecule has 0 unspecified atom stereocenters. The van der Waals surface area contributed by atoms with E-state index in [-0.39, 0.29) is 5.54 Å². The average molecular weight is 294 g/mol. The largest absolute Gasteiger partial charge is 0.385 e. The van der Waals surface area contributed by atoms with E-state index in [0.29, 0.717) is 25.2 Å². The van der Waals surface area contributed by atoms with E-state index in [4.69, 9.17) is 4.74 Å². The number of benzene rings is 1. The van der Waals surface area contributed by atoms with Crippen LogP contribution in [0.1, 0.15) is 46.6 Å². The molecule has 0 aliphatic carbocycles. The van der Waals surface area contributed by atoms with Gasteiger partial charge in [0.15, 0.2) is 0 Å². The highest BCUT2D eigenvalue weighted by Crippen LogP contribution is 2.24. The van der Waals surface area contributed by atoms with Gasteiger partial charge in [0.25, 0.3) is 0 Å². The average Bonchev–Trinajstić information content (AvgIpc) is 2.35. The van der Waals surface area contributed by atoms with Crippen LogP contribution in [0.5, 0.6) is 0 Å². The zero-order chi connectivity index (χ0) is 15.9. The van der Waals surface area contributed by atoms with Crippen molar-refractivity contribution < 1.29 is 15.2 Å². The second kappa shape index (κ2) is 7.92. The molecule has 0 spiro atoms. The van der Waals surface area contributed by atoms with Crippen LogP contribution in [0.15, 0.2) is 30.3 Å². The molecule has 0 aliphatic rings. The first kappa shape index (κ1) is 18.1. The minimum absolute atomic E-state index is 0.138. The Kier molecular flexibility index (Phi) is 6.85. The molecule has 0 aliphatic heterocycles. The van der Waals surface area contributed by atoms with Gasteiger partial charge in [-0.3, -0.25) is 0 Å². The molecule has 3 heteroatoms. The van der Waals surface area contributed by atoms with E-state index < -0.39 is 6.10 Å². The summed E-state index contributed by atoms with van der Waals surface area (Å²) in [5.41, 5.74) is 1.58. The van der Waals surface area contributed by atoms with E-state index >= 15 is 0 Å². The molecule has 1 aromatic rings. The van der Waals surface area contributed by atoms with E-state index in [1.807, 2.05) is 30.3 Å². The van der Waals surface area contributed by atoms with Crippen molar-refractivity contribution in [1.82, 2.24) is 0 Å². The summed E-state index contributed by atoms with van der Waals surface area (Å²) < 4.78 is 5.58. The lowest BCUT2D eigenvalue weighted by molar-refractivity contribution is -0.728. The van der Waals surface area contributed by atoms with Gasteiger partial charge in [-0.2, -0.15) is 0 Å². The van der Waals surface area contributed by atoms with Gasteiger partial charge >= 0.3 is 0 Å². The van der Waals surface area contributed by atoms with Crippen molar-refractivity contribution >= 4 is 0 Å². The summed E-state index contributed by atoms with van der Waals surface area (Å²) >= 11 is 0. The van der Waals surface area contributed by atoms with Crippen LogP contribution in [0.3, 0.4) is 0 Å². The van der Waals surface area contributed by atoms with E-state index in [1.165, 1.54) is 0 Å². The molecular formula is C18H32NO2+. The van der Waals surface area contributed by atoms with Crippen LogP contribution in [-0.4, -0.2) is 29.9 Å². The predicted molar refractivity (Wildman–Crippen MR) is 87.0 cm³/mol. The molecule has 1 rings (SSSR count). The van der Waals surface area contributed by atoms with E-state index in [9.17, 15) is 5.11 Å². The monoisotopic (exact) mass is 294 g/mol. The summed E-state index contributed by atoms with van der Waals surface area (Å²) in [6.07, 6.45) is 0.686. The number of hydrogen-bond donors (Lipinski definition) is 2. The Morgan fingerprint density at radius 3 is 2.29 bits per heavy atom. The Labute approximate surface area is 129 Å².